The quantitative estimate of drug-likeness (QED) is 0.660. The Morgan fingerprint density at radius 3 is 2.00 bits per heavy atom. The molecule has 0 radical (unpaired) electrons. The van der Waals surface area contributed by atoms with Crippen LogP contribution in [0.15, 0.2) is 54.6 Å². The minimum absolute atomic E-state index is 0.220. The Hall–Kier alpha value is -1.12. The Morgan fingerprint density at radius 2 is 1.44 bits per heavy atom. The molecule has 0 heterocycles. The molecule has 1 unspecified atom stereocenters. The molecule has 0 spiro atoms. The van der Waals surface area contributed by atoms with Crippen molar-refractivity contribution in [3.63, 3.8) is 0 Å². The Balaban J connectivity index is 2.26. The normalized spacial score (nSPS) is 12.4. The SMILES string of the molecule is CNC(Br)c1ccc(-c2ccccc2)cc1. The summed E-state index contributed by atoms with van der Waals surface area (Å²) in [4.78, 5) is 0.220. The van der Waals surface area contributed by atoms with E-state index in [0.717, 1.165) is 0 Å². The maximum absolute atomic E-state index is 3.55. The van der Waals surface area contributed by atoms with Gasteiger partial charge in [0.15, 0.2) is 0 Å². The average molecular weight is 276 g/mol. The molecule has 1 atom stereocenters. The Bertz CT molecular complexity index is 436. The van der Waals surface area contributed by atoms with Crippen molar-refractivity contribution in [3.05, 3.63) is 60.2 Å². The van der Waals surface area contributed by atoms with Crippen LogP contribution in [-0.2, 0) is 0 Å². The first-order valence-electron chi connectivity index (χ1n) is 5.28. The van der Waals surface area contributed by atoms with Crippen LogP contribution in [0.25, 0.3) is 11.1 Å². The summed E-state index contributed by atoms with van der Waals surface area (Å²) in [5.74, 6) is 0. The molecule has 0 saturated heterocycles. The molecule has 2 aromatic rings. The van der Waals surface area contributed by atoms with E-state index in [1.54, 1.807) is 0 Å². The molecular weight excluding hydrogens is 262 g/mol. The van der Waals surface area contributed by atoms with E-state index in [2.05, 4.69) is 69.8 Å². The molecule has 0 aromatic heterocycles. The van der Waals surface area contributed by atoms with E-state index < -0.39 is 0 Å². The maximum Gasteiger partial charge on any atom is 0.0884 e. The van der Waals surface area contributed by atoms with E-state index in [1.807, 2.05) is 13.1 Å². The lowest BCUT2D eigenvalue weighted by Gasteiger charge is -2.09. The topological polar surface area (TPSA) is 12.0 Å². The van der Waals surface area contributed by atoms with Gasteiger partial charge in [-0.05, 0) is 23.7 Å². The summed E-state index contributed by atoms with van der Waals surface area (Å²) in [6.45, 7) is 0. The largest absolute Gasteiger partial charge is 0.304 e. The van der Waals surface area contributed by atoms with Crippen LogP contribution in [0.1, 0.15) is 10.5 Å². The van der Waals surface area contributed by atoms with E-state index in [1.165, 1.54) is 16.7 Å². The maximum atomic E-state index is 3.55. The highest BCUT2D eigenvalue weighted by molar-refractivity contribution is 9.09. The number of benzene rings is 2. The molecule has 0 aliphatic carbocycles. The second-order valence-electron chi connectivity index (χ2n) is 3.64. The predicted octanol–water partition coefficient (Wildman–Crippen LogP) is 3.97. The van der Waals surface area contributed by atoms with Gasteiger partial charge in [0.05, 0.1) is 4.95 Å². The first kappa shape index (κ1) is 11.4. The lowest BCUT2D eigenvalue weighted by molar-refractivity contribution is 0.809. The smallest absolute Gasteiger partial charge is 0.0884 e. The average Bonchev–Trinajstić information content (AvgIpc) is 2.39. The molecule has 2 rings (SSSR count). The molecule has 0 aliphatic rings. The summed E-state index contributed by atoms with van der Waals surface area (Å²) in [6.07, 6.45) is 0. The van der Waals surface area contributed by atoms with Crippen molar-refractivity contribution in [1.29, 1.82) is 0 Å². The zero-order valence-electron chi connectivity index (χ0n) is 9.15. The van der Waals surface area contributed by atoms with Crippen molar-refractivity contribution in [1.82, 2.24) is 5.32 Å². The fourth-order valence-electron chi connectivity index (χ4n) is 1.64. The van der Waals surface area contributed by atoms with Crippen molar-refractivity contribution in [2.75, 3.05) is 7.05 Å². The third-order valence-electron chi connectivity index (χ3n) is 2.56. The molecule has 82 valence electrons. The third-order valence-corrected chi connectivity index (χ3v) is 3.55. The van der Waals surface area contributed by atoms with Gasteiger partial charge < -0.3 is 5.32 Å². The summed E-state index contributed by atoms with van der Waals surface area (Å²) in [6, 6.07) is 19.0. The molecule has 16 heavy (non-hydrogen) atoms. The molecule has 1 N–H and O–H groups in total. The Kier molecular flexibility index (Phi) is 3.75. The van der Waals surface area contributed by atoms with Crippen molar-refractivity contribution < 1.29 is 0 Å². The lowest BCUT2D eigenvalue weighted by Crippen LogP contribution is -2.08. The summed E-state index contributed by atoms with van der Waals surface area (Å²) >= 11 is 3.55. The van der Waals surface area contributed by atoms with E-state index in [-0.39, 0.29) is 4.95 Å². The van der Waals surface area contributed by atoms with E-state index in [9.17, 15) is 0 Å². The van der Waals surface area contributed by atoms with Crippen molar-refractivity contribution in [3.8, 4) is 11.1 Å². The molecule has 0 amide bonds. The van der Waals surface area contributed by atoms with Gasteiger partial charge in [-0.2, -0.15) is 0 Å². The molecular formula is C14H14BrN. The van der Waals surface area contributed by atoms with Crippen molar-refractivity contribution in [2.24, 2.45) is 0 Å². The second kappa shape index (κ2) is 5.28. The zero-order valence-corrected chi connectivity index (χ0v) is 10.7. The number of rotatable bonds is 3. The van der Waals surface area contributed by atoms with E-state index >= 15 is 0 Å². The van der Waals surface area contributed by atoms with Gasteiger partial charge in [0, 0.05) is 0 Å². The van der Waals surface area contributed by atoms with Crippen LogP contribution in [0.2, 0.25) is 0 Å². The van der Waals surface area contributed by atoms with Gasteiger partial charge in [0.25, 0.3) is 0 Å². The Morgan fingerprint density at radius 1 is 0.875 bits per heavy atom. The van der Waals surface area contributed by atoms with Crippen LogP contribution >= 0.6 is 15.9 Å². The summed E-state index contributed by atoms with van der Waals surface area (Å²) in [7, 11) is 1.94. The van der Waals surface area contributed by atoms with Gasteiger partial charge in [-0.1, -0.05) is 70.5 Å². The number of hydrogen-bond donors (Lipinski definition) is 1. The lowest BCUT2D eigenvalue weighted by atomic mass is 10.0. The van der Waals surface area contributed by atoms with E-state index in [0.29, 0.717) is 0 Å². The highest BCUT2D eigenvalue weighted by Crippen LogP contribution is 2.23. The van der Waals surface area contributed by atoms with Gasteiger partial charge in [-0.15, -0.1) is 0 Å². The zero-order chi connectivity index (χ0) is 11.4. The highest BCUT2D eigenvalue weighted by atomic mass is 79.9. The number of halogens is 1. The standard InChI is InChI=1S/C14H14BrN/c1-16-14(15)13-9-7-12(8-10-13)11-5-3-2-4-6-11/h2-10,14,16H,1H3. The van der Waals surface area contributed by atoms with E-state index in [4.69, 9.17) is 0 Å². The number of nitrogens with one attached hydrogen (secondary N) is 1. The van der Waals surface area contributed by atoms with Crippen molar-refractivity contribution >= 4 is 15.9 Å². The molecule has 0 saturated carbocycles. The second-order valence-corrected chi connectivity index (χ2v) is 4.55. The summed E-state index contributed by atoms with van der Waals surface area (Å²) in [5, 5.41) is 3.16. The first-order chi connectivity index (χ1) is 7.81. The molecule has 0 bridgehead atoms. The monoisotopic (exact) mass is 275 g/mol. The summed E-state index contributed by atoms with van der Waals surface area (Å²) in [5.41, 5.74) is 3.74. The van der Waals surface area contributed by atoms with Gasteiger partial charge in [-0.3, -0.25) is 0 Å². The summed E-state index contributed by atoms with van der Waals surface area (Å²) < 4.78 is 0. The van der Waals surface area contributed by atoms with Crippen LogP contribution in [0.4, 0.5) is 0 Å². The minimum atomic E-state index is 0.220. The fourth-order valence-corrected chi connectivity index (χ4v) is 1.95. The van der Waals surface area contributed by atoms with Crippen LogP contribution in [0.5, 0.6) is 0 Å². The molecule has 1 nitrogen and oxygen atoms in total. The van der Waals surface area contributed by atoms with Gasteiger partial charge in [0.1, 0.15) is 0 Å². The Labute approximate surface area is 105 Å². The first-order valence-corrected chi connectivity index (χ1v) is 6.19. The molecule has 0 fully saturated rings. The van der Waals surface area contributed by atoms with Gasteiger partial charge in [0.2, 0.25) is 0 Å². The predicted molar refractivity (Wildman–Crippen MR) is 72.6 cm³/mol. The third kappa shape index (κ3) is 2.52. The number of alkyl halides is 1. The fraction of sp³-hybridized carbons (Fsp3) is 0.143. The molecule has 0 aliphatic heterocycles. The minimum Gasteiger partial charge on any atom is -0.304 e. The van der Waals surface area contributed by atoms with Crippen LogP contribution in [-0.4, -0.2) is 7.05 Å². The van der Waals surface area contributed by atoms with Crippen LogP contribution in [0, 0.1) is 0 Å². The highest BCUT2D eigenvalue weighted by Gasteiger charge is 2.03. The number of hydrogen-bond acceptors (Lipinski definition) is 1. The molecule has 2 aromatic carbocycles. The molecule has 2 heteroatoms. The van der Waals surface area contributed by atoms with Gasteiger partial charge in [-0.25, -0.2) is 0 Å². The van der Waals surface area contributed by atoms with Crippen molar-refractivity contribution in [2.45, 2.75) is 4.95 Å². The van der Waals surface area contributed by atoms with Crippen LogP contribution in [0.3, 0.4) is 0 Å². The van der Waals surface area contributed by atoms with Crippen LogP contribution < -0.4 is 5.32 Å². The van der Waals surface area contributed by atoms with Gasteiger partial charge >= 0.3 is 0 Å².